The first kappa shape index (κ1) is 16.5. The van der Waals surface area contributed by atoms with Crippen LogP contribution in [0.5, 0.6) is 0 Å². The van der Waals surface area contributed by atoms with E-state index in [1.54, 1.807) is 0 Å². The molecule has 0 radical (unpaired) electrons. The van der Waals surface area contributed by atoms with E-state index in [0.29, 0.717) is 13.0 Å². The maximum atomic E-state index is 12.0. The third kappa shape index (κ3) is 4.31. The van der Waals surface area contributed by atoms with Crippen molar-refractivity contribution in [1.29, 1.82) is 0 Å². The molecule has 0 saturated carbocycles. The lowest BCUT2D eigenvalue weighted by molar-refractivity contribution is -0.120. The second-order valence-corrected chi connectivity index (χ2v) is 6.10. The first-order valence-corrected chi connectivity index (χ1v) is 8.22. The summed E-state index contributed by atoms with van der Waals surface area (Å²) < 4.78 is 0. The van der Waals surface area contributed by atoms with Crippen molar-refractivity contribution in [3.05, 3.63) is 42.5 Å². The van der Waals surface area contributed by atoms with E-state index < -0.39 is 0 Å². The number of hydrogen-bond donors (Lipinski definition) is 2. The number of anilines is 1. The minimum absolute atomic E-state index is 0.0829. The largest absolute Gasteiger partial charge is 0.355 e. The average molecular weight is 363 g/mol. The molecule has 0 fully saturated rings. The number of benzene rings is 2. The molecule has 0 saturated heterocycles. The molecule has 22 heavy (non-hydrogen) atoms. The van der Waals surface area contributed by atoms with Crippen LogP contribution in [0.3, 0.4) is 0 Å². The van der Waals surface area contributed by atoms with Crippen LogP contribution in [0.4, 0.5) is 5.69 Å². The quantitative estimate of drug-likeness (QED) is 0.773. The van der Waals surface area contributed by atoms with E-state index in [1.807, 2.05) is 49.4 Å². The fraction of sp³-hybridized carbons (Fsp3) is 0.294. The Morgan fingerprint density at radius 2 is 1.86 bits per heavy atom. The Morgan fingerprint density at radius 3 is 2.64 bits per heavy atom. The lowest BCUT2D eigenvalue weighted by Gasteiger charge is -2.10. The van der Waals surface area contributed by atoms with Crippen LogP contribution in [0.25, 0.3) is 10.8 Å². The molecule has 2 aromatic rings. The second-order valence-electron chi connectivity index (χ2n) is 4.99. The van der Waals surface area contributed by atoms with Crippen LogP contribution < -0.4 is 10.6 Å². The second kappa shape index (κ2) is 7.94. The molecule has 1 unspecified atom stereocenters. The number of amides is 2. The molecule has 4 nitrogen and oxygen atoms in total. The van der Waals surface area contributed by atoms with Gasteiger partial charge in [0.15, 0.2) is 0 Å². The third-order valence-electron chi connectivity index (χ3n) is 3.36. The van der Waals surface area contributed by atoms with Crippen LogP contribution in [0.15, 0.2) is 42.5 Å². The summed E-state index contributed by atoms with van der Waals surface area (Å²) in [5.74, 6) is -0.195. The van der Waals surface area contributed by atoms with Crippen molar-refractivity contribution in [2.45, 2.75) is 24.6 Å². The van der Waals surface area contributed by atoms with Gasteiger partial charge < -0.3 is 10.6 Å². The van der Waals surface area contributed by atoms with Crippen LogP contribution >= 0.6 is 15.9 Å². The summed E-state index contributed by atoms with van der Waals surface area (Å²) in [6.45, 7) is 2.25. The summed E-state index contributed by atoms with van der Waals surface area (Å²) >= 11 is 3.28. The van der Waals surface area contributed by atoms with Gasteiger partial charge in [-0.15, -0.1) is 0 Å². The maximum Gasteiger partial charge on any atom is 0.233 e. The van der Waals surface area contributed by atoms with Gasteiger partial charge in [0.1, 0.15) is 0 Å². The monoisotopic (exact) mass is 362 g/mol. The number of halogens is 1. The van der Waals surface area contributed by atoms with Crippen molar-refractivity contribution in [2.24, 2.45) is 0 Å². The van der Waals surface area contributed by atoms with Gasteiger partial charge in [0.25, 0.3) is 0 Å². The van der Waals surface area contributed by atoms with E-state index in [1.165, 1.54) is 0 Å². The third-order valence-corrected chi connectivity index (χ3v) is 4.42. The molecule has 0 aliphatic rings. The van der Waals surface area contributed by atoms with Gasteiger partial charge in [0.05, 0.1) is 4.83 Å². The van der Waals surface area contributed by atoms with Crippen LogP contribution in [-0.2, 0) is 9.59 Å². The Hall–Kier alpha value is -1.88. The standard InChI is InChI=1S/C17H19BrN2O2/c1-2-14(18)17(22)19-11-10-16(21)20-15-9-5-7-12-6-3-4-8-13(12)15/h3-9,14H,2,10-11H2,1H3,(H,19,22)(H,20,21). The summed E-state index contributed by atoms with van der Waals surface area (Å²) in [4.78, 5) is 23.4. The summed E-state index contributed by atoms with van der Waals surface area (Å²) in [5, 5.41) is 7.73. The van der Waals surface area contributed by atoms with E-state index in [2.05, 4.69) is 26.6 Å². The molecule has 0 aliphatic carbocycles. The van der Waals surface area contributed by atoms with Crippen molar-refractivity contribution in [3.8, 4) is 0 Å². The number of carbonyl (C=O) groups excluding carboxylic acids is 2. The number of alkyl halides is 1. The lowest BCUT2D eigenvalue weighted by atomic mass is 10.1. The topological polar surface area (TPSA) is 58.2 Å². The average Bonchev–Trinajstić information content (AvgIpc) is 2.54. The molecule has 0 aromatic heterocycles. The van der Waals surface area contributed by atoms with Crippen molar-refractivity contribution >= 4 is 44.2 Å². The molecule has 2 rings (SSSR count). The first-order chi connectivity index (χ1) is 10.6. The SMILES string of the molecule is CCC(Br)C(=O)NCCC(=O)Nc1cccc2ccccc12. The maximum absolute atomic E-state index is 12.0. The molecular weight excluding hydrogens is 344 g/mol. The predicted octanol–water partition coefficient (Wildman–Crippen LogP) is 3.46. The predicted molar refractivity (Wildman–Crippen MR) is 93.2 cm³/mol. The lowest BCUT2D eigenvalue weighted by Crippen LogP contribution is -2.33. The Kier molecular flexibility index (Phi) is 5.95. The van der Waals surface area contributed by atoms with Gasteiger partial charge in [-0.1, -0.05) is 59.3 Å². The zero-order valence-corrected chi connectivity index (χ0v) is 14.0. The highest BCUT2D eigenvalue weighted by molar-refractivity contribution is 9.10. The Morgan fingerprint density at radius 1 is 1.14 bits per heavy atom. The fourth-order valence-electron chi connectivity index (χ4n) is 2.14. The first-order valence-electron chi connectivity index (χ1n) is 7.31. The van der Waals surface area contributed by atoms with E-state index in [0.717, 1.165) is 16.5 Å². The highest BCUT2D eigenvalue weighted by Gasteiger charge is 2.12. The van der Waals surface area contributed by atoms with Crippen molar-refractivity contribution in [2.75, 3.05) is 11.9 Å². The molecule has 0 heterocycles. The highest BCUT2D eigenvalue weighted by atomic mass is 79.9. The summed E-state index contributed by atoms with van der Waals surface area (Å²) in [6, 6.07) is 13.7. The van der Waals surface area contributed by atoms with Crippen LogP contribution in [0.1, 0.15) is 19.8 Å². The van der Waals surface area contributed by atoms with Crippen LogP contribution in [-0.4, -0.2) is 23.2 Å². The molecule has 0 aliphatic heterocycles. The number of nitrogens with one attached hydrogen (secondary N) is 2. The van der Waals surface area contributed by atoms with E-state index in [-0.39, 0.29) is 23.1 Å². The van der Waals surface area contributed by atoms with E-state index in [4.69, 9.17) is 0 Å². The van der Waals surface area contributed by atoms with Gasteiger partial charge in [0, 0.05) is 24.0 Å². The Bertz CT molecular complexity index is 667. The van der Waals surface area contributed by atoms with Gasteiger partial charge >= 0.3 is 0 Å². The molecule has 116 valence electrons. The van der Waals surface area contributed by atoms with Gasteiger partial charge in [-0.2, -0.15) is 0 Å². The van der Waals surface area contributed by atoms with E-state index >= 15 is 0 Å². The number of carbonyl (C=O) groups is 2. The molecule has 2 aromatic carbocycles. The van der Waals surface area contributed by atoms with Crippen molar-refractivity contribution < 1.29 is 9.59 Å². The van der Waals surface area contributed by atoms with Crippen LogP contribution in [0, 0.1) is 0 Å². The summed E-state index contributed by atoms with van der Waals surface area (Å²) in [5.41, 5.74) is 0.793. The molecular formula is C17H19BrN2O2. The molecule has 1 atom stereocenters. The normalized spacial score (nSPS) is 11.9. The van der Waals surface area contributed by atoms with Gasteiger partial charge in [-0.05, 0) is 17.9 Å². The Labute approximate surface area is 138 Å². The fourth-order valence-corrected chi connectivity index (χ4v) is 2.30. The zero-order chi connectivity index (χ0) is 15.9. The van der Waals surface area contributed by atoms with Gasteiger partial charge in [-0.25, -0.2) is 0 Å². The molecule has 2 N–H and O–H groups in total. The molecule has 2 amide bonds. The van der Waals surface area contributed by atoms with Gasteiger partial charge in [0.2, 0.25) is 11.8 Å². The highest BCUT2D eigenvalue weighted by Crippen LogP contribution is 2.22. The molecule has 0 spiro atoms. The van der Waals surface area contributed by atoms with Gasteiger partial charge in [-0.3, -0.25) is 9.59 Å². The summed E-state index contributed by atoms with van der Waals surface area (Å²) in [7, 11) is 0. The zero-order valence-electron chi connectivity index (χ0n) is 12.4. The van der Waals surface area contributed by atoms with Crippen molar-refractivity contribution in [3.63, 3.8) is 0 Å². The van der Waals surface area contributed by atoms with Crippen LogP contribution in [0.2, 0.25) is 0 Å². The van der Waals surface area contributed by atoms with Crippen molar-refractivity contribution in [1.82, 2.24) is 5.32 Å². The summed E-state index contributed by atoms with van der Waals surface area (Å²) in [6.07, 6.45) is 0.965. The molecule has 5 heteroatoms. The Balaban J connectivity index is 1.90. The molecule has 0 bridgehead atoms. The number of hydrogen-bond acceptors (Lipinski definition) is 2. The minimum Gasteiger partial charge on any atom is -0.355 e. The minimum atomic E-state index is -0.200. The number of rotatable bonds is 6. The smallest absolute Gasteiger partial charge is 0.233 e. The van der Waals surface area contributed by atoms with E-state index in [9.17, 15) is 9.59 Å². The number of fused-ring (bicyclic) bond motifs is 1.